The van der Waals surface area contributed by atoms with Gasteiger partial charge in [0.1, 0.15) is 13.2 Å². The highest BCUT2D eigenvalue weighted by Gasteiger charge is 2.19. The number of hydrogen-bond donors (Lipinski definition) is 0. The molecule has 410 valence electrons. The Morgan fingerprint density at radius 3 is 0.580 bits per heavy atom. The van der Waals surface area contributed by atoms with Gasteiger partial charge in [-0.3, -0.25) is 14.4 Å². The molecule has 0 radical (unpaired) electrons. The van der Waals surface area contributed by atoms with E-state index in [2.05, 4.69) is 20.8 Å². The van der Waals surface area contributed by atoms with Gasteiger partial charge < -0.3 is 14.2 Å². The first kappa shape index (κ1) is 67.4. The van der Waals surface area contributed by atoms with Crippen molar-refractivity contribution in [1.29, 1.82) is 0 Å². The van der Waals surface area contributed by atoms with Gasteiger partial charge in [-0.2, -0.15) is 0 Å². The molecule has 0 saturated heterocycles. The Hall–Kier alpha value is -1.59. The van der Waals surface area contributed by atoms with E-state index >= 15 is 0 Å². The number of unbranched alkanes of at least 4 members (excludes halogenated alkanes) is 48. The van der Waals surface area contributed by atoms with Gasteiger partial charge in [-0.15, -0.1) is 0 Å². The first-order valence-electron chi connectivity index (χ1n) is 31.5. The molecule has 0 heterocycles. The van der Waals surface area contributed by atoms with Crippen molar-refractivity contribution < 1.29 is 28.6 Å². The van der Waals surface area contributed by atoms with Crippen LogP contribution in [0.5, 0.6) is 0 Å². The second-order valence-corrected chi connectivity index (χ2v) is 21.7. The number of esters is 3. The van der Waals surface area contributed by atoms with Crippen LogP contribution < -0.4 is 0 Å². The molecule has 6 heteroatoms. The van der Waals surface area contributed by atoms with Crippen LogP contribution in [0.4, 0.5) is 0 Å². The maximum absolute atomic E-state index is 12.9. The summed E-state index contributed by atoms with van der Waals surface area (Å²) in [7, 11) is 0. The molecule has 0 spiro atoms. The fraction of sp³-hybridized carbons (Fsp3) is 0.952. The van der Waals surface area contributed by atoms with Crippen LogP contribution in [0.15, 0.2) is 0 Å². The molecule has 0 amide bonds. The molecule has 0 aromatic heterocycles. The van der Waals surface area contributed by atoms with E-state index in [4.69, 9.17) is 14.2 Å². The fourth-order valence-electron chi connectivity index (χ4n) is 9.86. The Morgan fingerprint density at radius 2 is 0.391 bits per heavy atom. The lowest BCUT2D eigenvalue weighted by Crippen LogP contribution is -2.30. The van der Waals surface area contributed by atoms with Gasteiger partial charge in [0.2, 0.25) is 0 Å². The highest BCUT2D eigenvalue weighted by Crippen LogP contribution is 2.18. The molecule has 0 aliphatic carbocycles. The number of rotatable bonds is 59. The van der Waals surface area contributed by atoms with Crippen LogP contribution in [0, 0.1) is 0 Å². The Labute approximate surface area is 431 Å². The van der Waals surface area contributed by atoms with Gasteiger partial charge in [0.25, 0.3) is 0 Å². The number of carbonyl (C=O) groups is 3. The van der Waals surface area contributed by atoms with Gasteiger partial charge >= 0.3 is 17.9 Å². The molecule has 69 heavy (non-hydrogen) atoms. The van der Waals surface area contributed by atoms with Crippen molar-refractivity contribution in [2.45, 2.75) is 374 Å². The van der Waals surface area contributed by atoms with Crippen LogP contribution in [-0.4, -0.2) is 37.2 Å². The van der Waals surface area contributed by atoms with Crippen molar-refractivity contribution in [2.24, 2.45) is 0 Å². The van der Waals surface area contributed by atoms with Gasteiger partial charge in [-0.25, -0.2) is 0 Å². The van der Waals surface area contributed by atoms with Gasteiger partial charge in [0.15, 0.2) is 6.10 Å². The summed E-state index contributed by atoms with van der Waals surface area (Å²) in [6, 6.07) is 0. The van der Waals surface area contributed by atoms with E-state index in [1.54, 1.807) is 0 Å². The quantitative estimate of drug-likeness (QED) is 0.0343. The second-order valence-electron chi connectivity index (χ2n) is 21.7. The van der Waals surface area contributed by atoms with E-state index in [-0.39, 0.29) is 31.1 Å². The molecule has 0 saturated carbocycles. The fourth-order valence-corrected chi connectivity index (χ4v) is 9.86. The largest absolute Gasteiger partial charge is 0.462 e. The van der Waals surface area contributed by atoms with Gasteiger partial charge in [-0.05, 0) is 19.3 Å². The van der Waals surface area contributed by atoms with E-state index in [0.717, 1.165) is 57.8 Å². The zero-order chi connectivity index (χ0) is 50.0. The minimum atomic E-state index is -0.761. The topological polar surface area (TPSA) is 78.9 Å². The van der Waals surface area contributed by atoms with E-state index in [0.29, 0.717) is 19.3 Å². The molecule has 0 aromatic carbocycles. The average Bonchev–Trinajstić information content (AvgIpc) is 3.35. The lowest BCUT2D eigenvalue weighted by Gasteiger charge is -2.18. The maximum Gasteiger partial charge on any atom is 0.306 e. The van der Waals surface area contributed by atoms with E-state index in [9.17, 15) is 14.4 Å². The third-order valence-corrected chi connectivity index (χ3v) is 14.6. The molecule has 0 rings (SSSR count). The summed E-state index contributed by atoms with van der Waals surface area (Å²) >= 11 is 0. The van der Waals surface area contributed by atoms with Crippen LogP contribution in [0.2, 0.25) is 0 Å². The predicted molar refractivity (Wildman–Crippen MR) is 298 cm³/mol. The van der Waals surface area contributed by atoms with Crippen molar-refractivity contribution in [1.82, 2.24) is 0 Å². The summed E-state index contributed by atoms with van der Waals surface area (Å²) in [5, 5.41) is 0. The maximum atomic E-state index is 12.9. The normalized spacial score (nSPS) is 11.9. The summed E-state index contributed by atoms with van der Waals surface area (Å²) in [6.07, 6.45) is 66.9. The van der Waals surface area contributed by atoms with Gasteiger partial charge in [-0.1, -0.05) is 329 Å². The molecule has 0 aliphatic heterocycles. The number of carbonyl (C=O) groups excluding carboxylic acids is 3. The third kappa shape index (κ3) is 57.2. The SMILES string of the molecule is CCCCCCCCCCCCCCCCCCCCCCCCCCC(=O)OCC(COC(=O)CCCCCCCCCCCC)OC(=O)CCCCCCCCCCCCCCCCCCC. The highest BCUT2D eigenvalue weighted by molar-refractivity contribution is 5.71. The van der Waals surface area contributed by atoms with Crippen LogP contribution in [-0.2, 0) is 28.6 Å². The van der Waals surface area contributed by atoms with E-state index in [1.807, 2.05) is 0 Å². The monoisotopic (exact) mass is 975 g/mol. The first-order valence-corrected chi connectivity index (χ1v) is 31.5. The molecule has 6 nitrogen and oxygen atoms in total. The Bertz CT molecular complexity index is 1030. The molecule has 1 unspecified atom stereocenters. The van der Waals surface area contributed by atoms with E-state index in [1.165, 1.54) is 270 Å². The molecule has 0 fully saturated rings. The van der Waals surface area contributed by atoms with Gasteiger partial charge in [0.05, 0.1) is 0 Å². The zero-order valence-corrected chi connectivity index (χ0v) is 47.1. The standard InChI is InChI=1S/C63H122O6/c1-4-7-10-13-16-19-22-24-26-28-29-30-31-32-33-34-36-37-39-41-44-47-50-53-56-62(65)68-59-60(58-67-61(64)55-52-49-46-43-21-18-15-12-9-6-3)69-63(66)57-54-51-48-45-42-40-38-35-27-25-23-20-17-14-11-8-5-2/h60H,4-59H2,1-3H3. The predicted octanol–water partition coefficient (Wildman–Crippen LogP) is 21.1. The second kappa shape index (κ2) is 59.0. The Morgan fingerprint density at radius 1 is 0.232 bits per heavy atom. The number of ether oxygens (including phenoxy) is 3. The summed E-state index contributed by atoms with van der Waals surface area (Å²) in [5.41, 5.74) is 0. The van der Waals surface area contributed by atoms with Crippen molar-refractivity contribution in [2.75, 3.05) is 13.2 Å². The summed E-state index contributed by atoms with van der Waals surface area (Å²) in [6.45, 7) is 6.71. The summed E-state index contributed by atoms with van der Waals surface area (Å²) in [5.74, 6) is -0.831. The van der Waals surface area contributed by atoms with Gasteiger partial charge in [0, 0.05) is 19.3 Å². The van der Waals surface area contributed by atoms with Crippen molar-refractivity contribution >= 4 is 17.9 Å². The highest BCUT2D eigenvalue weighted by atomic mass is 16.6. The Kier molecular flexibility index (Phi) is 57.6. The van der Waals surface area contributed by atoms with Crippen LogP contribution >= 0.6 is 0 Å². The lowest BCUT2D eigenvalue weighted by atomic mass is 10.0. The minimum Gasteiger partial charge on any atom is -0.462 e. The van der Waals surface area contributed by atoms with Crippen molar-refractivity contribution in [3.63, 3.8) is 0 Å². The smallest absolute Gasteiger partial charge is 0.306 e. The molecule has 1 atom stereocenters. The average molecular weight is 976 g/mol. The first-order chi connectivity index (χ1) is 34.0. The molecule has 0 aliphatic rings. The summed E-state index contributed by atoms with van der Waals surface area (Å²) < 4.78 is 16.9. The van der Waals surface area contributed by atoms with E-state index < -0.39 is 6.10 Å². The van der Waals surface area contributed by atoms with Crippen molar-refractivity contribution in [3.05, 3.63) is 0 Å². The number of hydrogen-bond acceptors (Lipinski definition) is 6. The van der Waals surface area contributed by atoms with Crippen LogP contribution in [0.1, 0.15) is 367 Å². The van der Waals surface area contributed by atoms with Crippen molar-refractivity contribution in [3.8, 4) is 0 Å². The summed E-state index contributed by atoms with van der Waals surface area (Å²) in [4.78, 5) is 38.2. The Balaban J connectivity index is 4.14. The minimum absolute atomic E-state index is 0.0610. The van der Waals surface area contributed by atoms with Crippen LogP contribution in [0.25, 0.3) is 0 Å². The third-order valence-electron chi connectivity index (χ3n) is 14.6. The van der Waals surface area contributed by atoms with Crippen LogP contribution in [0.3, 0.4) is 0 Å². The zero-order valence-electron chi connectivity index (χ0n) is 47.1. The molecule has 0 N–H and O–H groups in total. The lowest BCUT2D eigenvalue weighted by molar-refractivity contribution is -0.167. The molecule has 0 aromatic rings. The molecule has 0 bridgehead atoms. The molecular weight excluding hydrogens is 853 g/mol. The molecular formula is C63H122O6.